The first-order valence-corrected chi connectivity index (χ1v) is 11.9. The molecule has 0 fully saturated rings. The Bertz CT molecular complexity index is 1320. The fraction of sp³-hybridized carbons (Fsp3) is 0.333. The number of Topliss-reactive ketones (excluding diaryl/α,β-unsaturated/α-hetero) is 1. The first-order valence-electron chi connectivity index (χ1n) is 11.9. The van der Waals surface area contributed by atoms with Gasteiger partial charge in [0.05, 0.1) is 23.5 Å². The molecule has 0 aliphatic rings. The number of ketones is 1. The molecule has 1 amide bonds. The number of carbonyl (C=O) groups is 2. The van der Waals surface area contributed by atoms with Gasteiger partial charge in [-0.05, 0) is 59.9 Å². The number of benzene rings is 2. The zero-order valence-electron chi connectivity index (χ0n) is 22.0. The number of rotatable bonds is 6. The van der Waals surface area contributed by atoms with Crippen LogP contribution in [0.25, 0.3) is 11.1 Å². The van der Waals surface area contributed by atoms with E-state index in [2.05, 4.69) is 16.4 Å². The van der Waals surface area contributed by atoms with Crippen LogP contribution >= 0.6 is 0 Å². The minimum absolute atomic E-state index is 0.0227. The highest BCUT2D eigenvalue weighted by Gasteiger charge is 2.21. The molecular weight excluding hydrogens is 450 g/mol. The maximum Gasteiger partial charge on any atom is 0.255 e. The van der Waals surface area contributed by atoms with Crippen LogP contribution in [-0.2, 0) is 10.2 Å². The largest absolute Gasteiger partial charge is 0.486 e. The lowest BCUT2D eigenvalue weighted by molar-refractivity contribution is -0.128. The number of amides is 1. The van der Waals surface area contributed by atoms with E-state index in [1.807, 2.05) is 90.9 Å². The minimum Gasteiger partial charge on any atom is -0.486 e. The molecule has 2 aromatic carbocycles. The molecule has 3 aromatic rings. The predicted octanol–water partition coefficient (Wildman–Crippen LogP) is 6.47. The predicted molar refractivity (Wildman–Crippen MR) is 142 cm³/mol. The molecule has 1 heterocycles. The summed E-state index contributed by atoms with van der Waals surface area (Å²) in [5.41, 5.74) is 4.28. The van der Waals surface area contributed by atoms with E-state index in [1.54, 1.807) is 12.3 Å². The van der Waals surface area contributed by atoms with Crippen molar-refractivity contribution in [3.8, 4) is 22.9 Å². The second-order valence-electron chi connectivity index (χ2n) is 11.0. The van der Waals surface area contributed by atoms with Crippen molar-refractivity contribution in [3.63, 3.8) is 0 Å². The molecule has 0 aliphatic carbocycles. The fourth-order valence-electron chi connectivity index (χ4n) is 3.45. The third-order valence-electron chi connectivity index (χ3n) is 5.91. The zero-order chi connectivity index (χ0) is 26.7. The number of ether oxygens (including phenoxy) is 1. The zero-order valence-corrected chi connectivity index (χ0v) is 22.0. The number of nitrogens with one attached hydrogen (secondary N) is 1. The molecule has 3 rings (SSSR count). The molecule has 6 nitrogen and oxygen atoms in total. The second kappa shape index (κ2) is 10.3. The number of aromatic nitrogens is 1. The normalized spacial score (nSPS) is 11.5. The van der Waals surface area contributed by atoms with Gasteiger partial charge in [-0.1, -0.05) is 53.7 Å². The molecule has 1 aromatic heterocycles. The Morgan fingerprint density at radius 2 is 1.67 bits per heavy atom. The summed E-state index contributed by atoms with van der Waals surface area (Å²) in [5.74, 6) is 0.338. The van der Waals surface area contributed by atoms with E-state index in [0.717, 1.165) is 22.4 Å². The van der Waals surface area contributed by atoms with Crippen LogP contribution in [0.4, 0.5) is 5.69 Å². The van der Waals surface area contributed by atoms with Gasteiger partial charge in [0.15, 0.2) is 5.78 Å². The molecular formula is C30H33N3O3. The summed E-state index contributed by atoms with van der Waals surface area (Å²) in [4.78, 5) is 29.6. The highest BCUT2D eigenvalue weighted by molar-refractivity contribution is 6.04. The molecule has 1 N–H and O–H groups in total. The SMILES string of the molecule is Cc1ncc(NC(=O)c2cc(C#N)cc(C(C)(C)C)c2)cc1-c1ccc(OCC(=O)C(C)(C)C)cc1. The Morgan fingerprint density at radius 1 is 1.00 bits per heavy atom. The monoisotopic (exact) mass is 483 g/mol. The van der Waals surface area contributed by atoms with Crippen molar-refractivity contribution < 1.29 is 14.3 Å². The van der Waals surface area contributed by atoms with Crippen molar-refractivity contribution in [2.45, 2.75) is 53.9 Å². The standard InChI is InChI=1S/C30H33N3O3/c1-19-26(21-8-10-25(11-9-21)36-18-27(34)30(5,6)7)15-24(17-32-19)33-28(35)22-12-20(16-31)13-23(14-22)29(2,3)4/h8-15,17H,18H2,1-7H3,(H,33,35). The quantitative estimate of drug-likeness (QED) is 0.434. The van der Waals surface area contributed by atoms with Crippen molar-refractivity contribution >= 4 is 17.4 Å². The van der Waals surface area contributed by atoms with Crippen LogP contribution in [0.1, 0.15) is 68.7 Å². The Morgan fingerprint density at radius 3 is 2.25 bits per heavy atom. The summed E-state index contributed by atoms with van der Waals surface area (Å²) in [7, 11) is 0. The third-order valence-corrected chi connectivity index (χ3v) is 5.91. The van der Waals surface area contributed by atoms with E-state index in [1.165, 1.54) is 0 Å². The van der Waals surface area contributed by atoms with Crippen molar-refractivity contribution in [1.82, 2.24) is 4.98 Å². The minimum atomic E-state index is -0.447. The Kier molecular flexibility index (Phi) is 7.64. The van der Waals surface area contributed by atoms with Crippen molar-refractivity contribution in [2.24, 2.45) is 5.41 Å². The number of pyridine rings is 1. The second-order valence-corrected chi connectivity index (χ2v) is 11.0. The molecule has 0 unspecified atom stereocenters. The summed E-state index contributed by atoms with van der Waals surface area (Å²) in [6.07, 6.45) is 1.62. The molecule has 0 aliphatic heterocycles. The highest BCUT2D eigenvalue weighted by Crippen LogP contribution is 2.28. The molecule has 0 atom stereocenters. The van der Waals surface area contributed by atoms with Gasteiger partial charge in [0.25, 0.3) is 5.91 Å². The van der Waals surface area contributed by atoms with Gasteiger partial charge in [-0.25, -0.2) is 0 Å². The van der Waals surface area contributed by atoms with Crippen molar-refractivity contribution in [3.05, 3.63) is 77.1 Å². The fourth-order valence-corrected chi connectivity index (χ4v) is 3.45. The smallest absolute Gasteiger partial charge is 0.255 e. The lowest BCUT2D eigenvalue weighted by atomic mass is 9.85. The van der Waals surface area contributed by atoms with Crippen molar-refractivity contribution in [1.29, 1.82) is 5.26 Å². The van der Waals surface area contributed by atoms with Crippen LogP contribution < -0.4 is 10.1 Å². The number of hydrogen-bond acceptors (Lipinski definition) is 5. The molecule has 186 valence electrons. The van der Waals surface area contributed by atoms with Crippen LogP contribution in [0.15, 0.2) is 54.7 Å². The molecule has 0 saturated heterocycles. The summed E-state index contributed by atoms with van der Waals surface area (Å²) in [6.45, 7) is 13.7. The van der Waals surface area contributed by atoms with Gasteiger partial charge in [0, 0.05) is 22.2 Å². The van der Waals surface area contributed by atoms with Gasteiger partial charge < -0.3 is 10.1 Å². The highest BCUT2D eigenvalue weighted by atomic mass is 16.5. The number of carbonyl (C=O) groups excluding carboxylic acids is 2. The number of nitrogens with zero attached hydrogens (tertiary/aromatic N) is 2. The maximum absolute atomic E-state index is 13.0. The lowest BCUT2D eigenvalue weighted by Crippen LogP contribution is -2.26. The first-order chi connectivity index (χ1) is 16.8. The molecule has 0 bridgehead atoms. The van der Waals surface area contributed by atoms with Crippen LogP contribution in [0, 0.1) is 23.7 Å². The van der Waals surface area contributed by atoms with Crippen LogP contribution in [0.2, 0.25) is 0 Å². The van der Waals surface area contributed by atoms with Gasteiger partial charge >= 0.3 is 0 Å². The average molecular weight is 484 g/mol. The van der Waals surface area contributed by atoms with Gasteiger partial charge in [-0.2, -0.15) is 5.26 Å². The Labute approximate surface area is 213 Å². The Hall–Kier alpha value is -3.98. The van der Waals surface area contributed by atoms with Gasteiger partial charge in [0.2, 0.25) is 0 Å². The maximum atomic E-state index is 13.0. The van der Waals surface area contributed by atoms with Gasteiger partial charge in [0.1, 0.15) is 12.4 Å². The number of nitriles is 1. The van der Waals surface area contributed by atoms with Gasteiger partial charge in [-0.15, -0.1) is 0 Å². The number of aryl methyl sites for hydroxylation is 1. The Balaban J connectivity index is 1.80. The van der Waals surface area contributed by atoms with E-state index in [4.69, 9.17) is 4.74 Å². The molecule has 36 heavy (non-hydrogen) atoms. The number of hydrogen-bond donors (Lipinski definition) is 1. The first kappa shape index (κ1) is 26.6. The summed E-state index contributed by atoms with van der Waals surface area (Å²) >= 11 is 0. The number of anilines is 1. The van der Waals surface area contributed by atoms with Crippen LogP contribution in [0.3, 0.4) is 0 Å². The topological polar surface area (TPSA) is 92.1 Å². The molecule has 6 heteroatoms. The third kappa shape index (κ3) is 6.57. The van der Waals surface area contributed by atoms with E-state index < -0.39 is 5.41 Å². The van der Waals surface area contributed by atoms with E-state index >= 15 is 0 Å². The average Bonchev–Trinajstić information content (AvgIpc) is 2.82. The van der Waals surface area contributed by atoms with Crippen molar-refractivity contribution in [2.75, 3.05) is 11.9 Å². The lowest BCUT2D eigenvalue weighted by Gasteiger charge is -2.20. The van der Waals surface area contributed by atoms with E-state index in [9.17, 15) is 14.9 Å². The molecule has 0 saturated carbocycles. The van der Waals surface area contributed by atoms with Crippen LogP contribution in [0.5, 0.6) is 5.75 Å². The summed E-state index contributed by atoms with van der Waals surface area (Å²) in [5, 5.41) is 12.3. The summed E-state index contributed by atoms with van der Waals surface area (Å²) < 4.78 is 5.65. The molecule has 0 radical (unpaired) electrons. The molecule has 0 spiro atoms. The van der Waals surface area contributed by atoms with E-state index in [0.29, 0.717) is 22.6 Å². The summed E-state index contributed by atoms with van der Waals surface area (Å²) in [6, 6.07) is 16.7. The van der Waals surface area contributed by atoms with Crippen LogP contribution in [-0.4, -0.2) is 23.3 Å². The van der Waals surface area contributed by atoms with E-state index in [-0.39, 0.29) is 23.7 Å². The van der Waals surface area contributed by atoms with Gasteiger partial charge in [-0.3, -0.25) is 14.6 Å².